The van der Waals surface area contributed by atoms with Crippen molar-refractivity contribution in [3.05, 3.63) is 23.8 Å². The van der Waals surface area contributed by atoms with E-state index >= 15 is 0 Å². The molecule has 22 heavy (non-hydrogen) atoms. The van der Waals surface area contributed by atoms with Crippen molar-refractivity contribution in [2.24, 2.45) is 5.73 Å². The first kappa shape index (κ1) is 21.4. The van der Waals surface area contributed by atoms with Crippen LogP contribution in [0.15, 0.2) is 18.2 Å². The van der Waals surface area contributed by atoms with Crippen LogP contribution in [0.4, 0.5) is 0 Å². The Labute approximate surface area is 156 Å². The molecule has 0 aromatic heterocycles. The van der Waals surface area contributed by atoms with Gasteiger partial charge in [-0.15, -0.1) is 0 Å². The predicted molar refractivity (Wildman–Crippen MR) is 91.7 cm³/mol. The first-order valence-electron chi connectivity index (χ1n) is 7.79. The molecule has 0 saturated heterocycles. The molecular formula is C17H28NNaO3. The van der Waals surface area contributed by atoms with Crippen LogP contribution in [0.25, 0.3) is 0 Å². The Hall–Kier alpha value is -0.550. The second-order valence-electron chi connectivity index (χ2n) is 5.18. The summed E-state index contributed by atoms with van der Waals surface area (Å²) in [7, 11) is 1.56. The number of carbonyl (C=O) groups excluding carboxylic acids is 1. The van der Waals surface area contributed by atoms with Crippen LogP contribution in [0, 0.1) is 0 Å². The number of methoxy groups -OCH3 is 1. The maximum atomic E-state index is 11.8. The molecule has 0 aliphatic carbocycles. The first-order valence-corrected chi connectivity index (χ1v) is 7.79. The molecule has 1 rings (SSSR count). The van der Waals surface area contributed by atoms with Crippen molar-refractivity contribution in [3.8, 4) is 11.5 Å². The Morgan fingerprint density at radius 1 is 1.09 bits per heavy atom. The fourth-order valence-corrected chi connectivity index (χ4v) is 2.15. The quantitative estimate of drug-likeness (QED) is 0.312. The standard InChI is InChI=1S/C17H27NO3.Na.H/c1-3-4-5-6-7-8-9-17(19)21-15-11-10-14(13-18)12-16(15)20-2;;/h10-12H,3-9,13,18H2,1-2H3;;. The summed E-state index contributed by atoms with van der Waals surface area (Å²) < 4.78 is 10.6. The zero-order valence-corrected chi connectivity index (χ0v) is 13.2. The third-order valence-corrected chi connectivity index (χ3v) is 3.42. The van der Waals surface area contributed by atoms with Crippen LogP contribution >= 0.6 is 0 Å². The fraction of sp³-hybridized carbons (Fsp3) is 0.588. The number of ether oxygens (including phenoxy) is 2. The molecule has 120 valence electrons. The Morgan fingerprint density at radius 2 is 1.77 bits per heavy atom. The van der Waals surface area contributed by atoms with E-state index in [1.54, 1.807) is 19.2 Å². The monoisotopic (exact) mass is 317 g/mol. The van der Waals surface area contributed by atoms with Gasteiger partial charge in [-0.05, 0) is 24.1 Å². The van der Waals surface area contributed by atoms with Crippen LogP contribution in [0.3, 0.4) is 0 Å². The van der Waals surface area contributed by atoms with Crippen LogP contribution in [0.1, 0.15) is 57.4 Å². The van der Waals surface area contributed by atoms with Crippen molar-refractivity contribution in [2.45, 2.75) is 58.4 Å². The summed E-state index contributed by atoms with van der Waals surface area (Å²) in [4.78, 5) is 11.8. The van der Waals surface area contributed by atoms with Gasteiger partial charge >= 0.3 is 35.5 Å². The van der Waals surface area contributed by atoms with E-state index < -0.39 is 0 Å². The average molecular weight is 317 g/mol. The van der Waals surface area contributed by atoms with Gasteiger partial charge < -0.3 is 15.2 Å². The fourth-order valence-electron chi connectivity index (χ4n) is 2.15. The molecule has 2 N–H and O–H groups in total. The summed E-state index contributed by atoms with van der Waals surface area (Å²) in [6, 6.07) is 5.38. The summed E-state index contributed by atoms with van der Waals surface area (Å²) in [6.07, 6.45) is 7.36. The molecule has 0 fully saturated rings. The van der Waals surface area contributed by atoms with E-state index in [1.165, 1.54) is 25.7 Å². The van der Waals surface area contributed by atoms with Gasteiger partial charge in [0.1, 0.15) is 0 Å². The zero-order valence-electron chi connectivity index (χ0n) is 13.2. The Kier molecular flexibility index (Phi) is 12.6. The number of nitrogens with two attached hydrogens (primary N) is 1. The summed E-state index contributed by atoms with van der Waals surface area (Å²) >= 11 is 0. The van der Waals surface area contributed by atoms with Gasteiger partial charge in [0.2, 0.25) is 0 Å². The molecule has 1 aromatic rings. The second-order valence-corrected chi connectivity index (χ2v) is 5.18. The van der Waals surface area contributed by atoms with Gasteiger partial charge in [-0.2, -0.15) is 0 Å². The molecule has 0 heterocycles. The van der Waals surface area contributed by atoms with Gasteiger partial charge in [0, 0.05) is 13.0 Å². The molecule has 0 amide bonds. The molecule has 0 unspecified atom stereocenters. The molecule has 1 aromatic carbocycles. The van der Waals surface area contributed by atoms with Crippen LogP contribution < -0.4 is 15.2 Å². The third-order valence-electron chi connectivity index (χ3n) is 3.42. The summed E-state index contributed by atoms with van der Waals surface area (Å²) in [6.45, 7) is 2.63. The minimum atomic E-state index is -0.204. The van der Waals surface area contributed by atoms with E-state index in [9.17, 15) is 4.79 Å². The number of carbonyl (C=O) groups is 1. The Balaban J connectivity index is 0.00000441. The average Bonchev–Trinajstić information content (AvgIpc) is 2.51. The Morgan fingerprint density at radius 3 is 2.41 bits per heavy atom. The molecule has 0 atom stereocenters. The van der Waals surface area contributed by atoms with Crippen molar-refractivity contribution in [2.75, 3.05) is 7.11 Å². The predicted octanol–water partition coefficient (Wildman–Crippen LogP) is 3.16. The molecule has 0 bridgehead atoms. The minimum absolute atomic E-state index is 0. The first-order chi connectivity index (χ1) is 10.2. The van der Waals surface area contributed by atoms with Crippen molar-refractivity contribution < 1.29 is 14.3 Å². The Bertz CT molecular complexity index is 438. The van der Waals surface area contributed by atoms with Gasteiger partial charge in [-0.25, -0.2) is 0 Å². The van der Waals surface area contributed by atoms with Gasteiger partial charge in [0.05, 0.1) is 7.11 Å². The number of benzene rings is 1. The summed E-state index contributed by atoms with van der Waals surface area (Å²) in [5.74, 6) is 0.809. The van der Waals surface area contributed by atoms with Crippen LogP contribution in [0.5, 0.6) is 11.5 Å². The molecule has 0 radical (unpaired) electrons. The molecule has 0 aliphatic rings. The van der Waals surface area contributed by atoms with Crippen molar-refractivity contribution >= 4 is 35.5 Å². The topological polar surface area (TPSA) is 61.5 Å². The summed E-state index contributed by atoms with van der Waals surface area (Å²) in [5, 5.41) is 0. The summed E-state index contributed by atoms with van der Waals surface area (Å²) in [5.41, 5.74) is 6.52. The SMILES string of the molecule is CCCCCCCCC(=O)Oc1ccc(CN)cc1OC.[NaH]. The number of unbranched alkanes of at least 4 members (excludes halogenated alkanes) is 5. The van der Waals surface area contributed by atoms with Gasteiger partial charge in [0.25, 0.3) is 0 Å². The van der Waals surface area contributed by atoms with Crippen molar-refractivity contribution in [1.29, 1.82) is 0 Å². The third kappa shape index (κ3) is 8.18. The molecule has 0 aliphatic heterocycles. The van der Waals surface area contributed by atoms with Crippen LogP contribution in [0.2, 0.25) is 0 Å². The van der Waals surface area contributed by atoms with E-state index in [0.717, 1.165) is 18.4 Å². The number of esters is 1. The van der Waals surface area contributed by atoms with Crippen molar-refractivity contribution in [3.63, 3.8) is 0 Å². The van der Waals surface area contributed by atoms with E-state index in [2.05, 4.69) is 6.92 Å². The number of hydrogen-bond acceptors (Lipinski definition) is 4. The molecular weight excluding hydrogens is 289 g/mol. The van der Waals surface area contributed by atoms with Crippen molar-refractivity contribution in [1.82, 2.24) is 0 Å². The number of rotatable bonds is 10. The molecule has 4 nitrogen and oxygen atoms in total. The van der Waals surface area contributed by atoms with Gasteiger partial charge in [-0.3, -0.25) is 4.79 Å². The van der Waals surface area contributed by atoms with E-state index in [1.807, 2.05) is 6.07 Å². The van der Waals surface area contributed by atoms with E-state index in [4.69, 9.17) is 15.2 Å². The van der Waals surface area contributed by atoms with Gasteiger partial charge in [0.15, 0.2) is 11.5 Å². The van der Waals surface area contributed by atoms with Crippen LogP contribution in [-0.4, -0.2) is 42.6 Å². The molecule has 0 spiro atoms. The number of hydrogen-bond donors (Lipinski definition) is 1. The van der Waals surface area contributed by atoms with Crippen LogP contribution in [-0.2, 0) is 11.3 Å². The molecule has 5 heteroatoms. The zero-order chi connectivity index (χ0) is 15.5. The van der Waals surface area contributed by atoms with E-state index in [0.29, 0.717) is 24.5 Å². The second kappa shape index (κ2) is 12.9. The van der Waals surface area contributed by atoms with Gasteiger partial charge in [-0.1, -0.05) is 45.1 Å². The normalized spacial score (nSPS) is 9.95. The maximum absolute atomic E-state index is 11.8. The van der Waals surface area contributed by atoms with E-state index in [-0.39, 0.29) is 35.5 Å². The molecule has 0 saturated carbocycles.